The molecule has 0 bridgehead atoms. The standard InChI is InChI=1S/C11H15F3N2O/c1-8(17)3-2-6-15-10-5-4-9(7-16-10)11(12,13)14/h4-5,7-8,17H,2-3,6H2,1H3,(H,15,16). The molecule has 2 N–H and O–H groups in total. The van der Waals surface area contributed by atoms with Crippen LogP contribution in [0.2, 0.25) is 0 Å². The number of nitrogens with zero attached hydrogens (tertiary/aromatic N) is 1. The fourth-order valence-electron chi connectivity index (χ4n) is 1.28. The van der Waals surface area contributed by atoms with Crippen LogP contribution >= 0.6 is 0 Å². The van der Waals surface area contributed by atoms with E-state index in [0.717, 1.165) is 18.7 Å². The smallest absolute Gasteiger partial charge is 0.393 e. The number of hydrogen-bond donors (Lipinski definition) is 2. The fraction of sp³-hybridized carbons (Fsp3) is 0.545. The van der Waals surface area contributed by atoms with E-state index in [2.05, 4.69) is 10.3 Å². The molecule has 1 aromatic rings. The predicted octanol–water partition coefficient (Wildman–Crippen LogP) is 2.67. The molecule has 0 fully saturated rings. The third-order valence-electron chi connectivity index (χ3n) is 2.20. The Hall–Kier alpha value is -1.30. The van der Waals surface area contributed by atoms with Crippen molar-refractivity contribution in [2.75, 3.05) is 11.9 Å². The van der Waals surface area contributed by atoms with Gasteiger partial charge in [0, 0.05) is 12.7 Å². The minimum absolute atomic E-state index is 0.364. The summed E-state index contributed by atoms with van der Waals surface area (Å²) < 4.78 is 36.7. The predicted molar refractivity (Wildman–Crippen MR) is 58.6 cm³/mol. The van der Waals surface area contributed by atoms with Gasteiger partial charge in [0.2, 0.25) is 0 Å². The van der Waals surface area contributed by atoms with Gasteiger partial charge < -0.3 is 10.4 Å². The molecule has 6 heteroatoms. The average molecular weight is 248 g/mol. The van der Waals surface area contributed by atoms with E-state index >= 15 is 0 Å². The van der Waals surface area contributed by atoms with Crippen LogP contribution in [-0.2, 0) is 6.18 Å². The third-order valence-corrected chi connectivity index (χ3v) is 2.20. The highest BCUT2D eigenvalue weighted by atomic mass is 19.4. The first-order valence-electron chi connectivity index (χ1n) is 5.35. The summed E-state index contributed by atoms with van der Waals surface area (Å²) in [4.78, 5) is 3.67. The van der Waals surface area contributed by atoms with Crippen molar-refractivity contribution >= 4 is 5.82 Å². The van der Waals surface area contributed by atoms with Crippen molar-refractivity contribution in [3.05, 3.63) is 23.9 Å². The monoisotopic (exact) mass is 248 g/mol. The Labute approximate surface area is 97.7 Å². The molecule has 1 rings (SSSR count). The van der Waals surface area contributed by atoms with Crippen molar-refractivity contribution in [2.24, 2.45) is 0 Å². The summed E-state index contributed by atoms with van der Waals surface area (Å²) in [6.07, 6.45) is -2.53. The van der Waals surface area contributed by atoms with Crippen molar-refractivity contribution in [1.29, 1.82) is 0 Å². The second-order valence-electron chi connectivity index (χ2n) is 3.85. The van der Waals surface area contributed by atoms with Crippen LogP contribution in [0, 0.1) is 0 Å². The van der Waals surface area contributed by atoms with Crippen molar-refractivity contribution in [3.63, 3.8) is 0 Å². The van der Waals surface area contributed by atoms with Gasteiger partial charge in [0.05, 0.1) is 11.7 Å². The van der Waals surface area contributed by atoms with E-state index < -0.39 is 11.7 Å². The zero-order valence-electron chi connectivity index (χ0n) is 9.46. The maximum atomic E-state index is 12.2. The van der Waals surface area contributed by atoms with Gasteiger partial charge in [0.15, 0.2) is 0 Å². The normalized spacial score (nSPS) is 13.5. The molecule has 0 saturated carbocycles. The van der Waals surface area contributed by atoms with Crippen LogP contribution in [0.25, 0.3) is 0 Å². The van der Waals surface area contributed by atoms with Gasteiger partial charge in [0.1, 0.15) is 5.82 Å². The molecule has 0 aliphatic rings. The summed E-state index contributed by atoms with van der Waals surface area (Å²) in [7, 11) is 0. The first-order chi connectivity index (χ1) is 7.89. The number of alkyl halides is 3. The summed E-state index contributed by atoms with van der Waals surface area (Å²) >= 11 is 0. The van der Waals surface area contributed by atoms with Gasteiger partial charge >= 0.3 is 6.18 Å². The van der Waals surface area contributed by atoms with Gasteiger partial charge in [-0.15, -0.1) is 0 Å². The minimum Gasteiger partial charge on any atom is -0.393 e. The van der Waals surface area contributed by atoms with Gasteiger partial charge in [-0.05, 0) is 31.9 Å². The molecular weight excluding hydrogens is 233 g/mol. The van der Waals surface area contributed by atoms with E-state index in [0.29, 0.717) is 18.8 Å². The lowest BCUT2D eigenvalue weighted by atomic mass is 10.2. The van der Waals surface area contributed by atoms with Crippen molar-refractivity contribution in [3.8, 4) is 0 Å². The number of halogens is 3. The first kappa shape index (κ1) is 13.8. The molecule has 0 spiro atoms. The van der Waals surface area contributed by atoms with Crippen molar-refractivity contribution in [2.45, 2.75) is 32.0 Å². The van der Waals surface area contributed by atoms with E-state index in [4.69, 9.17) is 5.11 Å². The second-order valence-corrected chi connectivity index (χ2v) is 3.85. The lowest BCUT2D eigenvalue weighted by molar-refractivity contribution is -0.137. The molecule has 17 heavy (non-hydrogen) atoms. The largest absolute Gasteiger partial charge is 0.417 e. The maximum Gasteiger partial charge on any atom is 0.417 e. The van der Waals surface area contributed by atoms with Gasteiger partial charge in [-0.1, -0.05) is 0 Å². The Kier molecular flexibility index (Phi) is 4.74. The number of hydrogen-bond acceptors (Lipinski definition) is 3. The molecule has 96 valence electrons. The third kappa shape index (κ3) is 5.04. The van der Waals surface area contributed by atoms with Crippen LogP contribution in [0.5, 0.6) is 0 Å². The summed E-state index contributed by atoms with van der Waals surface area (Å²) in [5, 5.41) is 11.9. The topological polar surface area (TPSA) is 45.1 Å². The highest BCUT2D eigenvalue weighted by Crippen LogP contribution is 2.28. The molecule has 1 aromatic heterocycles. The van der Waals surface area contributed by atoms with E-state index in [1.54, 1.807) is 6.92 Å². The molecular formula is C11H15F3N2O. The van der Waals surface area contributed by atoms with E-state index in [-0.39, 0.29) is 6.10 Å². The molecule has 1 unspecified atom stereocenters. The van der Waals surface area contributed by atoms with Crippen LogP contribution in [0.1, 0.15) is 25.3 Å². The number of anilines is 1. The fourth-order valence-corrected chi connectivity index (χ4v) is 1.28. The summed E-state index contributed by atoms with van der Waals surface area (Å²) in [6, 6.07) is 2.29. The highest BCUT2D eigenvalue weighted by Gasteiger charge is 2.30. The molecule has 0 radical (unpaired) electrons. The number of aliphatic hydroxyl groups excluding tert-OH is 1. The highest BCUT2D eigenvalue weighted by molar-refractivity contribution is 5.35. The Morgan fingerprint density at radius 3 is 2.59 bits per heavy atom. The summed E-state index contributed by atoms with van der Waals surface area (Å²) in [5.41, 5.74) is -0.757. The van der Waals surface area contributed by atoms with E-state index in [9.17, 15) is 13.2 Å². The van der Waals surface area contributed by atoms with Crippen LogP contribution in [0.3, 0.4) is 0 Å². The van der Waals surface area contributed by atoms with Gasteiger partial charge in [-0.3, -0.25) is 0 Å². The Bertz CT molecular complexity index is 336. The van der Waals surface area contributed by atoms with Crippen LogP contribution < -0.4 is 5.32 Å². The van der Waals surface area contributed by atoms with E-state index in [1.807, 2.05) is 0 Å². The quantitative estimate of drug-likeness (QED) is 0.787. The van der Waals surface area contributed by atoms with Crippen molar-refractivity contribution in [1.82, 2.24) is 4.98 Å². The SMILES string of the molecule is CC(O)CCCNc1ccc(C(F)(F)F)cn1. The molecule has 0 aromatic carbocycles. The summed E-state index contributed by atoms with van der Waals surface area (Å²) in [6.45, 7) is 2.26. The second kappa shape index (κ2) is 5.86. The molecule has 0 amide bonds. The molecule has 1 heterocycles. The number of nitrogens with one attached hydrogen (secondary N) is 1. The Balaban J connectivity index is 2.41. The molecule has 1 atom stereocenters. The van der Waals surface area contributed by atoms with Gasteiger partial charge in [-0.25, -0.2) is 4.98 Å². The van der Waals surface area contributed by atoms with Gasteiger partial charge in [0.25, 0.3) is 0 Å². The lowest BCUT2D eigenvalue weighted by Gasteiger charge is -2.09. The van der Waals surface area contributed by atoms with Crippen LogP contribution in [0.4, 0.5) is 19.0 Å². The van der Waals surface area contributed by atoms with Crippen LogP contribution in [-0.4, -0.2) is 22.7 Å². The van der Waals surface area contributed by atoms with Crippen LogP contribution in [0.15, 0.2) is 18.3 Å². The lowest BCUT2D eigenvalue weighted by Crippen LogP contribution is -2.09. The van der Waals surface area contributed by atoms with Gasteiger partial charge in [-0.2, -0.15) is 13.2 Å². The zero-order valence-corrected chi connectivity index (χ0v) is 9.46. The number of aliphatic hydroxyl groups is 1. The Morgan fingerprint density at radius 1 is 1.41 bits per heavy atom. The minimum atomic E-state index is -4.35. The molecule has 3 nitrogen and oxygen atoms in total. The summed E-state index contributed by atoms with van der Waals surface area (Å²) in [5.74, 6) is 0.406. The number of aromatic nitrogens is 1. The van der Waals surface area contributed by atoms with E-state index in [1.165, 1.54) is 6.07 Å². The number of pyridine rings is 1. The number of rotatable bonds is 5. The molecule has 0 saturated heterocycles. The molecule has 0 aliphatic carbocycles. The zero-order chi connectivity index (χ0) is 12.9. The maximum absolute atomic E-state index is 12.2. The first-order valence-corrected chi connectivity index (χ1v) is 5.35. The average Bonchev–Trinajstić information content (AvgIpc) is 2.23. The van der Waals surface area contributed by atoms with Crippen molar-refractivity contribution < 1.29 is 18.3 Å². The molecule has 0 aliphatic heterocycles. The Morgan fingerprint density at radius 2 is 2.12 bits per heavy atom.